The number of carbonyl (C=O) groups is 3. The van der Waals surface area contributed by atoms with Gasteiger partial charge in [-0.2, -0.15) is 4.99 Å². The molecule has 1 aromatic heterocycles. The number of aryl methyl sites for hydroxylation is 1. The van der Waals surface area contributed by atoms with E-state index in [0.717, 1.165) is 12.8 Å². The summed E-state index contributed by atoms with van der Waals surface area (Å²) in [5, 5.41) is 1.84. The second kappa shape index (κ2) is 6.52. The molecule has 2 heterocycles. The summed E-state index contributed by atoms with van der Waals surface area (Å²) in [5.41, 5.74) is 0.947. The van der Waals surface area contributed by atoms with E-state index in [4.69, 9.17) is 0 Å². The Bertz CT molecular complexity index is 894. The molecular weight excluding hydrogens is 326 g/mol. The van der Waals surface area contributed by atoms with Crippen LogP contribution in [-0.2, 0) is 7.05 Å². The zero-order chi connectivity index (χ0) is 17.3. The lowest BCUT2D eigenvalue weighted by Gasteiger charge is -2.12. The number of benzene rings is 1. The van der Waals surface area contributed by atoms with Crippen LogP contribution in [0.1, 0.15) is 50.8 Å². The maximum Gasteiger partial charge on any atom is 0.279 e. The van der Waals surface area contributed by atoms with Gasteiger partial charge in [0, 0.05) is 30.7 Å². The van der Waals surface area contributed by atoms with Gasteiger partial charge in [0.2, 0.25) is 0 Å². The van der Waals surface area contributed by atoms with E-state index in [0.29, 0.717) is 22.5 Å². The highest BCUT2D eigenvalue weighted by atomic mass is 32.1. The quantitative estimate of drug-likeness (QED) is 0.799. The molecule has 0 N–H and O–H groups in total. The fourth-order valence-corrected chi connectivity index (χ4v) is 3.26. The molecule has 24 heavy (non-hydrogen) atoms. The smallest absolute Gasteiger partial charge is 0.279 e. The normalized spacial score (nSPS) is 14.4. The average molecular weight is 343 g/mol. The van der Waals surface area contributed by atoms with Crippen molar-refractivity contribution in [1.29, 1.82) is 0 Å². The molecule has 0 unspecified atom stereocenters. The molecule has 1 aromatic carbocycles. The highest BCUT2D eigenvalue weighted by Gasteiger charge is 2.35. The van der Waals surface area contributed by atoms with E-state index in [1.165, 1.54) is 22.3 Å². The molecule has 0 atom stereocenters. The second-order valence-corrected chi connectivity index (χ2v) is 6.46. The molecule has 0 aliphatic carbocycles. The Balaban J connectivity index is 1.93. The summed E-state index contributed by atoms with van der Waals surface area (Å²) in [5.74, 6) is -1.05. The summed E-state index contributed by atoms with van der Waals surface area (Å²) in [4.78, 5) is 42.9. The van der Waals surface area contributed by atoms with E-state index in [9.17, 15) is 14.4 Å². The van der Waals surface area contributed by atoms with Gasteiger partial charge in [-0.3, -0.25) is 19.3 Å². The summed E-state index contributed by atoms with van der Waals surface area (Å²) >= 11 is 1.35. The lowest BCUT2D eigenvalue weighted by molar-refractivity contribution is 0.0652. The minimum atomic E-state index is -0.428. The number of hydrogen-bond acceptors (Lipinski definition) is 4. The van der Waals surface area contributed by atoms with E-state index in [2.05, 4.69) is 4.99 Å². The van der Waals surface area contributed by atoms with Gasteiger partial charge in [0.25, 0.3) is 17.7 Å². The van der Waals surface area contributed by atoms with E-state index in [1.807, 2.05) is 18.5 Å². The fraction of sp³-hybridized carbons (Fsp3) is 0.294. The molecule has 3 rings (SSSR count). The molecule has 0 radical (unpaired) electrons. The molecule has 6 nitrogen and oxygen atoms in total. The van der Waals surface area contributed by atoms with Gasteiger partial charge in [-0.05, 0) is 24.6 Å². The van der Waals surface area contributed by atoms with Crippen molar-refractivity contribution < 1.29 is 14.4 Å². The van der Waals surface area contributed by atoms with Crippen molar-refractivity contribution in [1.82, 2.24) is 9.47 Å². The third kappa shape index (κ3) is 2.82. The van der Waals surface area contributed by atoms with Gasteiger partial charge in [0.15, 0.2) is 4.80 Å². The minimum Gasteiger partial charge on any atom is -0.327 e. The van der Waals surface area contributed by atoms with Gasteiger partial charge in [0.05, 0.1) is 11.1 Å². The van der Waals surface area contributed by atoms with Gasteiger partial charge in [-0.25, -0.2) is 0 Å². The lowest BCUT2D eigenvalue weighted by atomic mass is 10.1. The van der Waals surface area contributed by atoms with Gasteiger partial charge >= 0.3 is 0 Å². The number of hydrogen-bond donors (Lipinski definition) is 0. The van der Waals surface area contributed by atoms with Gasteiger partial charge in [0.1, 0.15) is 0 Å². The number of fused-ring (bicyclic) bond motifs is 1. The summed E-state index contributed by atoms with van der Waals surface area (Å²) < 4.78 is 1.75. The Morgan fingerprint density at radius 3 is 2.62 bits per heavy atom. The van der Waals surface area contributed by atoms with E-state index < -0.39 is 5.91 Å². The molecule has 3 amide bonds. The van der Waals surface area contributed by atoms with Crippen LogP contribution in [0.3, 0.4) is 0 Å². The molecule has 0 bridgehead atoms. The van der Waals surface area contributed by atoms with Crippen LogP contribution in [0.2, 0.25) is 0 Å². The molecule has 0 spiro atoms. The lowest BCUT2D eigenvalue weighted by Crippen LogP contribution is -2.30. The highest BCUT2D eigenvalue weighted by molar-refractivity contribution is 7.07. The van der Waals surface area contributed by atoms with Crippen molar-refractivity contribution in [2.45, 2.75) is 19.8 Å². The molecule has 1 aliphatic rings. The van der Waals surface area contributed by atoms with Crippen LogP contribution in [0.5, 0.6) is 0 Å². The van der Waals surface area contributed by atoms with Crippen molar-refractivity contribution in [3.63, 3.8) is 0 Å². The predicted octanol–water partition coefficient (Wildman–Crippen LogP) is 2.22. The molecule has 2 aromatic rings. The standard InChI is InChI=1S/C17H17N3O3S/c1-3-4-7-20-15(22)12-6-5-11(10-13(12)16(20)23)14(21)18-17-19(2)8-9-24-17/h5-6,8-10H,3-4,7H2,1-2H3. The third-order valence-electron chi connectivity index (χ3n) is 3.91. The van der Waals surface area contributed by atoms with Gasteiger partial charge in [-0.15, -0.1) is 11.3 Å². The molecular formula is C17H17N3O3S. The zero-order valence-corrected chi connectivity index (χ0v) is 14.3. The van der Waals surface area contributed by atoms with Crippen LogP contribution >= 0.6 is 11.3 Å². The van der Waals surface area contributed by atoms with Crippen molar-refractivity contribution in [2.24, 2.45) is 12.0 Å². The van der Waals surface area contributed by atoms with E-state index >= 15 is 0 Å². The van der Waals surface area contributed by atoms with Crippen LogP contribution in [0.4, 0.5) is 0 Å². The number of imide groups is 1. The average Bonchev–Trinajstić information content (AvgIpc) is 3.08. The number of carbonyl (C=O) groups excluding carboxylic acids is 3. The molecule has 0 saturated carbocycles. The SMILES string of the molecule is CCCCN1C(=O)c2ccc(C(=O)N=c3sccn3C)cc2C1=O. The first-order valence-electron chi connectivity index (χ1n) is 7.72. The Morgan fingerprint density at radius 1 is 1.21 bits per heavy atom. The van der Waals surface area contributed by atoms with Crippen LogP contribution in [0.15, 0.2) is 34.8 Å². The maximum atomic E-state index is 12.4. The van der Waals surface area contributed by atoms with Crippen LogP contribution in [0, 0.1) is 0 Å². The predicted molar refractivity (Wildman–Crippen MR) is 89.9 cm³/mol. The Hall–Kier alpha value is -2.54. The molecule has 0 saturated heterocycles. The number of nitrogens with zero attached hydrogens (tertiary/aromatic N) is 3. The molecule has 124 valence electrons. The monoisotopic (exact) mass is 343 g/mol. The van der Waals surface area contributed by atoms with Gasteiger partial charge < -0.3 is 4.57 Å². The first kappa shape index (κ1) is 16.3. The minimum absolute atomic E-state index is 0.285. The third-order valence-corrected chi connectivity index (χ3v) is 4.76. The van der Waals surface area contributed by atoms with Gasteiger partial charge in [-0.1, -0.05) is 13.3 Å². The van der Waals surface area contributed by atoms with Crippen LogP contribution in [-0.4, -0.2) is 33.7 Å². The summed E-state index contributed by atoms with van der Waals surface area (Å²) in [6.07, 6.45) is 3.47. The number of amides is 3. The number of aromatic nitrogens is 1. The molecule has 1 aliphatic heterocycles. The van der Waals surface area contributed by atoms with E-state index in [1.54, 1.807) is 23.7 Å². The first-order chi connectivity index (χ1) is 11.5. The first-order valence-corrected chi connectivity index (χ1v) is 8.60. The second-order valence-electron chi connectivity index (χ2n) is 5.59. The maximum absolute atomic E-state index is 12.4. The molecule has 7 heteroatoms. The number of rotatable bonds is 4. The van der Waals surface area contributed by atoms with Crippen molar-refractivity contribution >= 4 is 29.1 Å². The number of unbranched alkanes of at least 4 members (excludes halogenated alkanes) is 1. The highest BCUT2D eigenvalue weighted by Crippen LogP contribution is 2.24. The van der Waals surface area contributed by atoms with Crippen molar-refractivity contribution in [3.05, 3.63) is 51.3 Å². The molecule has 0 fully saturated rings. The number of thiazole rings is 1. The Kier molecular flexibility index (Phi) is 4.44. The van der Waals surface area contributed by atoms with Crippen molar-refractivity contribution in [3.8, 4) is 0 Å². The Morgan fingerprint density at radius 2 is 1.96 bits per heavy atom. The van der Waals surface area contributed by atoms with Crippen molar-refractivity contribution in [2.75, 3.05) is 6.54 Å². The summed E-state index contributed by atoms with van der Waals surface area (Å²) in [6.45, 7) is 2.41. The van der Waals surface area contributed by atoms with Crippen LogP contribution in [0.25, 0.3) is 0 Å². The zero-order valence-electron chi connectivity index (χ0n) is 13.5. The summed E-state index contributed by atoms with van der Waals surface area (Å²) in [7, 11) is 1.80. The summed E-state index contributed by atoms with van der Waals surface area (Å²) in [6, 6.07) is 4.56. The topological polar surface area (TPSA) is 71.7 Å². The van der Waals surface area contributed by atoms with E-state index in [-0.39, 0.29) is 17.4 Å². The van der Waals surface area contributed by atoms with Crippen LogP contribution < -0.4 is 4.80 Å². The largest absolute Gasteiger partial charge is 0.327 e. The Labute approximate surface area is 143 Å². The fourth-order valence-electron chi connectivity index (χ4n) is 2.53.